The van der Waals surface area contributed by atoms with Crippen molar-refractivity contribution in [2.24, 2.45) is 5.92 Å². The zero-order chi connectivity index (χ0) is 17.6. The van der Waals surface area contributed by atoms with Crippen molar-refractivity contribution in [3.8, 4) is 0 Å². The standard InChI is InChI=1S/C18H25N5O2/c1-18(2,3)14-6-7-16(24)23(21-14)10-12-8-22(9-12)11-15-19-20-17(25-15)13-4-5-13/h6-7,12-13H,4-5,8-11H2,1-3H3. The molecular weight excluding hydrogens is 318 g/mol. The zero-order valence-electron chi connectivity index (χ0n) is 15.1. The Balaban J connectivity index is 1.32. The third-order valence-electron chi connectivity index (χ3n) is 4.87. The molecule has 2 aromatic rings. The van der Waals surface area contributed by atoms with Crippen LogP contribution in [0.4, 0.5) is 0 Å². The monoisotopic (exact) mass is 343 g/mol. The van der Waals surface area contributed by atoms with Crippen LogP contribution in [0.1, 0.15) is 57.0 Å². The Morgan fingerprint density at radius 3 is 2.64 bits per heavy atom. The quantitative estimate of drug-likeness (QED) is 0.826. The van der Waals surface area contributed by atoms with Crippen LogP contribution >= 0.6 is 0 Å². The Bertz CT molecular complexity index is 809. The van der Waals surface area contributed by atoms with Gasteiger partial charge in [0.1, 0.15) is 0 Å². The van der Waals surface area contributed by atoms with Crippen LogP contribution in [0.2, 0.25) is 0 Å². The summed E-state index contributed by atoms with van der Waals surface area (Å²) in [6.45, 7) is 9.53. The predicted octanol–water partition coefficient (Wildman–Crippen LogP) is 1.93. The van der Waals surface area contributed by atoms with Crippen LogP contribution in [0.15, 0.2) is 21.3 Å². The summed E-state index contributed by atoms with van der Waals surface area (Å²) >= 11 is 0. The molecule has 0 bridgehead atoms. The van der Waals surface area contributed by atoms with Crippen LogP contribution in [-0.4, -0.2) is 38.0 Å². The van der Waals surface area contributed by atoms with Crippen LogP contribution in [-0.2, 0) is 18.5 Å². The summed E-state index contributed by atoms with van der Waals surface area (Å²) in [5.74, 6) is 2.43. The summed E-state index contributed by atoms with van der Waals surface area (Å²) in [4.78, 5) is 14.3. The van der Waals surface area contributed by atoms with Gasteiger partial charge in [-0.3, -0.25) is 9.69 Å². The number of rotatable bonds is 5. The first-order valence-corrected chi connectivity index (χ1v) is 9.02. The average molecular weight is 343 g/mol. The van der Waals surface area contributed by atoms with E-state index in [0.29, 0.717) is 30.8 Å². The molecule has 0 aromatic carbocycles. The van der Waals surface area contributed by atoms with Crippen LogP contribution in [0.25, 0.3) is 0 Å². The van der Waals surface area contributed by atoms with Gasteiger partial charge in [0.25, 0.3) is 5.56 Å². The number of nitrogens with zero attached hydrogens (tertiary/aromatic N) is 5. The van der Waals surface area contributed by atoms with E-state index in [9.17, 15) is 4.79 Å². The second-order valence-electron chi connectivity index (χ2n) is 8.36. The predicted molar refractivity (Wildman–Crippen MR) is 92.2 cm³/mol. The SMILES string of the molecule is CC(C)(C)c1ccc(=O)n(CC2CN(Cc3nnc(C4CC4)o3)C2)n1. The molecule has 0 amide bonds. The lowest BCUT2D eigenvalue weighted by atomic mass is 9.92. The second kappa shape index (κ2) is 6.05. The Labute approximate surface area is 147 Å². The highest BCUT2D eigenvalue weighted by Crippen LogP contribution is 2.39. The van der Waals surface area contributed by atoms with Crippen LogP contribution in [0, 0.1) is 5.92 Å². The molecular formula is C18H25N5O2. The third-order valence-corrected chi connectivity index (χ3v) is 4.87. The molecule has 25 heavy (non-hydrogen) atoms. The lowest BCUT2D eigenvalue weighted by Crippen LogP contribution is -2.49. The van der Waals surface area contributed by atoms with Crippen molar-refractivity contribution in [2.75, 3.05) is 13.1 Å². The summed E-state index contributed by atoms with van der Waals surface area (Å²) < 4.78 is 7.32. The fraction of sp³-hybridized carbons (Fsp3) is 0.667. The normalized spacial score (nSPS) is 19.2. The fourth-order valence-corrected chi connectivity index (χ4v) is 3.16. The van der Waals surface area contributed by atoms with Gasteiger partial charge in [-0.1, -0.05) is 20.8 Å². The summed E-state index contributed by atoms with van der Waals surface area (Å²) in [7, 11) is 0. The van der Waals surface area contributed by atoms with Crippen molar-refractivity contribution in [2.45, 2.75) is 58.0 Å². The molecule has 1 saturated carbocycles. The molecule has 0 spiro atoms. The Hall–Kier alpha value is -2.02. The molecule has 0 unspecified atom stereocenters. The first kappa shape index (κ1) is 16.4. The Kier molecular flexibility index (Phi) is 3.98. The second-order valence-corrected chi connectivity index (χ2v) is 8.36. The van der Waals surface area contributed by atoms with Gasteiger partial charge in [0.15, 0.2) is 0 Å². The maximum atomic E-state index is 12.1. The summed E-state index contributed by atoms with van der Waals surface area (Å²) in [5, 5.41) is 12.8. The topological polar surface area (TPSA) is 77.0 Å². The molecule has 0 radical (unpaired) electrons. The average Bonchev–Trinajstić information content (AvgIpc) is 3.25. The summed E-state index contributed by atoms with van der Waals surface area (Å²) in [5.41, 5.74) is 0.859. The highest BCUT2D eigenvalue weighted by molar-refractivity contribution is 5.10. The van der Waals surface area contributed by atoms with Crippen molar-refractivity contribution in [3.63, 3.8) is 0 Å². The van der Waals surface area contributed by atoms with E-state index in [1.165, 1.54) is 12.8 Å². The molecule has 4 rings (SSSR count). The molecule has 7 heteroatoms. The molecule has 1 saturated heterocycles. The molecule has 0 atom stereocenters. The van der Waals surface area contributed by atoms with Crippen molar-refractivity contribution in [3.05, 3.63) is 40.0 Å². The Morgan fingerprint density at radius 2 is 1.96 bits per heavy atom. The summed E-state index contributed by atoms with van der Waals surface area (Å²) in [6, 6.07) is 3.46. The minimum absolute atomic E-state index is 0.0302. The van der Waals surface area contributed by atoms with Gasteiger partial charge in [-0.25, -0.2) is 4.68 Å². The highest BCUT2D eigenvalue weighted by atomic mass is 16.4. The van der Waals surface area contributed by atoms with Gasteiger partial charge in [-0.15, -0.1) is 10.2 Å². The van der Waals surface area contributed by atoms with Crippen molar-refractivity contribution in [1.29, 1.82) is 0 Å². The van der Waals surface area contributed by atoms with Gasteiger partial charge in [0.05, 0.1) is 18.8 Å². The molecule has 0 N–H and O–H groups in total. The first-order valence-electron chi connectivity index (χ1n) is 9.02. The zero-order valence-corrected chi connectivity index (χ0v) is 15.1. The van der Waals surface area contributed by atoms with E-state index < -0.39 is 0 Å². The van der Waals surface area contributed by atoms with Crippen LogP contribution < -0.4 is 5.56 Å². The molecule has 2 fully saturated rings. The van der Waals surface area contributed by atoms with Gasteiger partial charge >= 0.3 is 0 Å². The molecule has 1 aliphatic carbocycles. The van der Waals surface area contributed by atoms with Crippen LogP contribution in [0.5, 0.6) is 0 Å². The van der Waals surface area contributed by atoms with E-state index in [1.807, 2.05) is 6.07 Å². The van der Waals surface area contributed by atoms with Crippen molar-refractivity contribution in [1.82, 2.24) is 24.9 Å². The van der Waals surface area contributed by atoms with Gasteiger partial charge < -0.3 is 4.42 Å². The fourth-order valence-electron chi connectivity index (χ4n) is 3.16. The van der Waals surface area contributed by atoms with Crippen LogP contribution in [0.3, 0.4) is 0 Å². The van der Waals surface area contributed by atoms with E-state index in [-0.39, 0.29) is 11.0 Å². The molecule has 2 aliphatic rings. The lowest BCUT2D eigenvalue weighted by Gasteiger charge is -2.38. The molecule has 3 heterocycles. The minimum Gasteiger partial charge on any atom is -0.424 e. The van der Waals surface area contributed by atoms with Crippen molar-refractivity contribution >= 4 is 0 Å². The molecule has 7 nitrogen and oxygen atoms in total. The van der Waals surface area contributed by atoms with Crippen molar-refractivity contribution < 1.29 is 4.42 Å². The smallest absolute Gasteiger partial charge is 0.266 e. The molecule has 1 aliphatic heterocycles. The Morgan fingerprint density at radius 1 is 1.20 bits per heavy atom. The van der Waals surface area contributed by atoms with Gasteiger partial charge in [0.2, 0.25) is 11.8 Å². The van der Waals surface area contributed by atoms with Gasteiger partial charge in [-0.05, 0) is 18.9 Å². The number of hydrogen-bond acceptors (Lipinski definition) is 6. The molecule has 134 valence electrons. The first-order chi connectivity index (χ1) is 11.9. The largest absolute Gasteiger partial charge is 0.424 e. The number of aromatic nitrogens is 4. The van der Waals surface area contributed by atoms with E-state index in [2.05, 4.69) is 41.0 Å². The highest BCUT2D eigenvalue weighted by Gasteiger charge is 2.32. The van der Waals surface area contributed by atoms with Gasteiger partial charge in [-0.2, -0.15) is 5.10 Å². The minimum atomic E-state index is -0.0572. The maximum Gasteiger partial charge on any atom is 0.266 e. The van der Waals surface area contributed by atoms with Gasteiger partial charge in [0, 0.05) is 36.4 Å². The third kappa shape index (κ3) is 3.66. The van der Waals surface area contributed by atoms with E-state index in [1.54, 1.807) is 10.7 Å². The van der Waals surface area contributed by atoms with E-state index >= 15 is 0 Å². The lowest BCUT2D eigenvalue weighted by molar-refractivity contribution is 0.0673. The van der Waals surface area contributed by atoms with E-state index in [4.69, 9.17) is 4.42 Å². The van der Waals surface area contributed by atoms with E-state index in [0.717, 1.165) is 24.7 Å². The summed E-state index contributed by atoms with van der Waals surface area (Å²) in [6.07, 6.45) is 2.34. The number of hydrogen-bond donors (Lipinski definition) is 0. The molecule has 2 aromatic heterocycles. The number of likely N-dealkylation sites (tertiary alicyclic amines) is 1. The maximum absolute atomic E-state index is 12.1.